The molecule has 7 heteroatoms. The second kappa shape index (κ2) is 12.9. The van der Waals surface area contributed by atoms with Gasteiger partial charge in [-0.2, -0.15) is 0 Å². The maximum absolute atomic E-state index is 12.2. The van der Waals surface area contributed by atoms with Crippen molar-refractivity contribution in [1.82, 2.24) is 0 Å². The fraction of sp³-hybridized carbons (Fsp3) is 0.111. The third-order valence-corrected chi connectivity index (χ3v) is 6.74. The summed E-state index contributed by atoms with van der Waals surface area (Å²) in [6, 6.07) is 29.4. The molecule has 2 heterocycles. The monoisotopic (exact) mass is 572 g/mol. The molecule has 0 saturated heterocycles. The maximum atomic E-state index is 12.2. The Morgan fingerprint density at radius 1 is 0.651 bits per heavy atom. The lowest BCUT2D eigenvalue weighted by molar-refractivity contribution is 0.350. The van der Waals surface area contributed by atoms with Gasteiger partial charge < -0.3 is 23.4 Å². The van der Waals surface area contributed by atoms with E-state index in [1.54, 1.807) is 38.5 Å². The summed E-state index contributed by atoms with van der Waals surface area (Å²) < 4.78 is 21.0. The lowest BCUT2D eigenvalue weighted by atomic mass is 10.1. The fourth-order valence-corrected chi connectivity index (χ4v) is 4.49. The van der Waals surface area contributed by atoms with Gasteiger partial charge in [0.25, 0.3) is 0 Å². The summed E-state index contributed by atoms with van der Waals surface area (Å²) in [4.78, 5) is 24.3. The van der Waals surface area contributed by atoms with Gasteiger partial charge in [0.1, 0.15) is 29.3 Å². The van der Waals surface area contributed by atoms with Crippen molar-refractivity contribution in [3.63, 3.8) is 0 Å². The molecule has 2 aromatic heterocycles. The van der Waals surface area contributed by atoms with Crippen molar-refractivity contribution in [3.05, 3.63) is 129 Å². The average Bonchev–Trinajstić information content (AvgIpc) is 3.03. The summed E-state index contributed by atoms with van der Waals surface area (Å²) in [5, 5.41) is 10.5. The Labute approximate surface area is 247 Å². The van der Waals surface area contributed by atoms with E-state index in [1.807, 2.05) is 79.7 Å². The molecule has 0 saturated carbocycles. The third kappa shape index (κ3) is 6.67. The number of aliphatic hydroxyl groups is 1. The van der Waals surface area contributed by atoms with Crippen molar-refractivity contribution >= 4 is 21.9 Å². The van der Waals surface area contributed by atoms with Crippen LogP contribution in [0.4, 0.5) is 0 Å². The Bertz CT molecular complexity index is 2070. The minimum Gasteiger partial charge on any atom is -0.497 e. The standard InChI is InChI=1S/C19H14O4.C17H14O3/c1-22-16-8-6-14(7-9-16)17-12-15-5-4-13(3-2-10-20)11-18(15)23-19(17)21;1-11-3-4-13-10-15(17(18)20-16(13)9-11)12-5-7-14(19-2)8-6-12/h4-9,11-12,20H,10H2,1H3;3-10H,1-2H3. The molecular formula is C36H28O7. The normalized spacial score (nSPS) is 10.4. The summed E-state index contributed by atoms with van der Waals surface area (Å²) in [7, 11) is 3.21. The molecule has 0 bridgehead atoms. The first-order valence-corrected chi connectivity index (χ1v) is 13.4. The number of hydrogen-bond acceptors (Lipinski definition) is 7. The molecule has 0 radical (unpaired) electrons. The average molecular weight is 573 g/mol. The predicted molar refractivity (Wildman–Crippen MR) is 168 cm³/mol. The van der Waals surface area contributed by atoms with Crippen molar-refractivity contribution in [1.29, 1.82) is 0 Å². The first-order valence-electron chi connectivity index (χ1n) is 13.4. The number of aryl methyl sites for hydroxylation is 1. The second-order valence-electron chi connectivity index (χ2n) is 9.61. The molecule has 0 fully saturated rings. The zero-order valence-electron chi connectivity index (χ0n) is 23.8. The first-order chi connectivity index (χ1) is 20.9. The topological polar surface area (TPSA) is 99.1 Å². The first kappa shape index (κ1) is 28.9. The van der Waals surface area contributed by atoms with Crippen LogP contribution in [0.2, 0.25) is 0 Å². The number of benzene rings is 4. The van der Waals surface area contributed by atoms with Crippen LogP contribution < -0.4 is 20.7 Å². The van der Waals surface area contributed by atoms with Crippen molar-refractivity contribution in [2.45, 2.75) is 6.92 Å². The van der Waals surface area contributed by atoms with Gasteiger partial charge in [-0.25, -0.2) is 9.59 Å². The van der Waals surface area contributed by atoms with Crippen molar-refractivity contribution in [2.75, 3.05) is 20.8 Å². The van der Waals surface area contributed by atoms with E-state index in [9.17, 15) is 9.59 Å². The third-order valence-electron chi connectivity index (χ3n) is 6.74. The summed E-state index contributed by atoms with van der Waals surface area (Å²) in [6.07, 6.45) is 0. The maximum Gasteiger partial charge on any atom is 0.344 e. The van der Waals surface area contributed by atoms with E-state index in [1.165, 1.54) is 0 Å². The summed E-state index contributed by atoms with van der Waals surface area (Å²) in [6.45, 7) is 1.76. The van der Waals surface area contributed by atoms with Crippen LogP contribution in [0.3, 0.4) is 0 Å². The molecule has 1 N–H and O–H groups in total. The second-order valence-corrected chi connectivity index (χ2v) is 9.61. The summed E-state index contributed by atoms with van der Waals surface area (Å²) in [5.41, 5.74) is 4.75. The molecule has 6 rings (SSSR count). The highest BCUT2D eigenvalue weighted by molar-refractivity contribution is 5.83. The van der Waals surface area contributed by atoms with Crippen molar-refractivity contribution < 1.29 is 23.4 Å². The molecule has 0 unspecified atom stereocenters. The molecule has 0 spiro atoms. The van der Waals surface area contributed by atoms with Gasteiger partial charge in [-0.1, -0.05) is 48.2 Å². The lowest BCUT2D eigenvalue weighted by Crippen LogP contribution is -2.02. The number of aliphatic hydroxyl groups excluding tert-OH is 1. The molecule has 7 nitrogen and oxygen atoms in total. The van der Waals surface area contributed by atoms with E-state index in [-0.39, 0.29) is 12.2 Å². The van der Waals surface area contributed by atoms with Gasteiger partial charge in [-0.3, -0.25) is 0 Å². The molecule has 4 aromatic carbocycles. The minimum atomic E-state index is -0.407. The number of fused-ring (bicyclic) bond motifs is 2. The van der Waals surface area contributed by atoms with Crippen molar-refractivity contribution in [2.24, 2.45) is 0 Å². The van der Waals surface area contributed by atoms with Gasteiger partial charge in [0.2, 0.25) is 0 Å². The van der Waals surface area contributed by atoms with Crippen LogP contribution in [0.5, 0.6) is 11.5 Å². The number of ether oxygens (including phenoxy) is 2. The van der Waals surface area contributed by atoms with Crippen molar-refractivity contribution in [3.8, 4) is 45.6 Å². The molecule has 43 heavy (non-hydrogen) atoms. The van der Waals surface area contributed by atoms with E-state index in [4.69, 9.17) is 23.4 Å². The fourth-order valence-electron chi connectivity index (χ4n) is 4.49. The molecule has 214 valence electrons. The highest BCUT2D eigenvalue weighted by atomic mass is 16.5. The van der Waals surface area contributed by atoms with Crippen LogP contribution in [0.1, 0.15) is 11.1 Å². The SMILES string of the molecule is COc1ccc(-c2cc3ccc(C#CCO)cc3oc2=O)cc1.COc1ccc(-c2cc3ccc(C)cc3oc2=O)cc1. The molecule has 6 aromatic rings. The minimum absolute atomic E-state index is 0.210. The Kier molecular flexibility index (Phi) is 8.71. The molecule has 0 aliphatic rings. The van der Waals surface area contributed by atoms with Crippen LogP contribution in [0.15, 0.2) is 115 Å². The van der Waals surface area contributed by atoms with Crippen LogP contribution in [0, 0.1) is 18.8 Å². The van der Waals surface area contributed by atoms with Gasteiger partial charge in [0.05, 0.1) is 25.3 Å². The Morgan fingerprint density at radius 3 is 1.63 bits per heavy atom. The zero-order valence-corrected chi connectivity index (χ0v) is 23.8. The molecular weight excluding hydrogens is 544 g/mol. The molecule has 0 atom stereocenters. The molecule has 0 amide bonds. The molecule has 0 aliphatic heterocycles. The van der Waals surface area contributed by atoms with Gasteiger partial charge in [0, 0.05) is 16.3 Å². The predicted octanol–water partition coefficient (Wildman–Crippen LogP) is 6.59. The van der Waals surface area contributed by atoms with Crippen LogP contribution >= 0.6 is 0 Å². The van der Waals surface area contributed by atoms with Gasteiger partial charge in [-0.05, 0) is 84.3 Å². The lowest BCUT2D eigenvalue weighted by Gasteiger charge is -2.04. The van der Waals surface area contributed by atoms with Crippen LogP contribution in [0.25, 0.3) is 44.2 Å². The number of methoxy groups -OCH3 is 2. The van der Waals surface area contributed by atoms with Gasteiger partial charge in [0.15, 0.2) is 0 Å². The Hall–Kier alpha value is -5.58. The quantitative estimate of drug-likeness (QED) is 0.188. The van der Waals surface area contributed by atoms with E-state index < -0.39 is 5.63 Å². The summed E-state index contributed by atoms with van der Waals surface area (Å²) in [5.74, 6) is 6.84. The van der Waals surface area contributed by atoms with Gasteiger partial charge in [-0.15, -0.1) is 0 Å². The highest BCUT2D eigenvalue weighted by Gasteiger charge is 2.09. The number of hydrogen-bond donors (Lipinski definition) is 1. The van der Waals surface area contributed by atoms with Crippen LogP contribution in [-0.2, 0) is 0 Å². The van der Waals surface area contributed by atoms with Crippen LogP contribution in [-0.4, -0.2) is 25.9 Å². The van der Waals surface area contributed by atoms with E-state index in [2.05, 4.69) is 11.8 Å². The molecule has 0 aliphatic carbocycles. The smallest absolute Gasteiger partial charge is 0.344 e. The largest absolute Gasteiger partial charge is 0.497 e. The Morgan fingerprint density at radius 2 is 1.14 bits per heavy atom. The zero-order chi connectivity index (χ0) is 30.3. The van der Waals surface area contributed by atoms with E-state index in [0.29, 0.717) is 27.9 Å². The van der Waals surface area contributed by atoms with E-state index >= 15 is 0 Å². The Balaban J connectivity index is 0.000000173. The summed E-state index contributed by atoms with van der Waals surface area (Å²) >= 11 is 0. The van der Waals surface area contributed by atoms with E-state index in [0.717, 1.165) is 39.0 Å². The van der Waals surface area contributed by atoms with Gasteiger partial charge >= 0.3 is 11.3 Å². The number of rotatable bonds is 4. The highest BCUT2D eigenvalue weighted by Crippen LogP contribution is 2.25.